The molecule has 0 heterocycles. The number of halogens is 2. The molecule has 1 aromatic rings. The van der Waals surface area contributed by atoms with Crippen molar-refractivity contribution in [3.63, 3.8) is 0 Å². The van der Waals surface area contributed by atoms with Crippen LogP contribution in [0.2, 0.25) is 0 Å². The third-order valence-electron chi connectivity index (χ3n) is 3.28. The number of benzene rings is 1. The van der Waals surface area contributed by atoms with E-state index in [0.717, 1.165) is 24.7 Å². The highest BCUT2D eigenvalue weighted by Gasteiger charge is 2.15. The van der Waals surface area contributed by atoms with Crippen LogP contribution in [0.3, 0.4) is 0 Å². The molecule has 1 nitrogen and oxygen atoms in total. The maximum absolute atomic E-state index is 13.2. The molecule has 2 unspecified atom stereocenters. The van der Waals surface area contributed by atoms with Crippen LogP contribution in [0.15, 0.2) is 18.2 Å². The van der Waals surface area contributed by atoms with Gasteiger partial charge in [0.1, 0.15) is 11.6 Å². The fourth-order valence-corrected chi connectivity index (χ4v) is 1.94. The first-order valence-corrected chi connectivity index (χ1v) is 6.57. The molecule has 18 heavy (non-hydrogen) atoms. The van der Waals surface area contributed by atoms with Crippen LogP contribution in [0, 0.1) is 23.5 Å². The van der Waals surface area contributed by atoms with E-state index in [1.807, 2.05) is 6.92 Å². The molecule has 2 atom stereocenters. The number of hydrogen-bond acceptors (Lipinski definition) is 1. The zero-order chi connectivity index (χ0) is 13.7. The molecule has 1 rings (SSSR count). The van der Waals surface area contributed by atoms with Crippen molar-refractivity contribution in [3.8, 4) is 0 Å². The second-order valence-electron chi connectivity index (χ2n) is 5.52. The van der Waals surface area contributed by atoms with Gasteiger partial charge in [0, 0.05) is 6.07 Å². The number of hydrogen-bond donors (Lipinski definition) is 1. The topological polar surface area (TPSA) is 12.0 Å². The highest BCUT2D eigenvalue weighted by Crippen LogP contribution is 2.25. The van der Waals surface area contributed by atoms with Crippen LogP contribution < -0.4 is 5.32 Å². The van der Waals surface area contributed by atoms with Crippen molar-refractivity contribution >= 4 is 0 Å². The summed E-state index contributed by atoms with van der Waals surface area (Å²) in [5.74, 6) is 0.0808. The molecule has 0 radical (unpaired) electrons. The summed E-state index contributed by atoms with van der Waals surface area (Å²) in [4.78, 5) is 0. The minimum absolute atomic E-state index is 0.134. The third kappa shape index (κ3) is 4.73. The van der Waals surface area contributed by atoms with Gasteiger partial charge in [0.25, 0.3) is 0 Å². The van der Waals surface area contributed by atoms with E-state index in [-0.39, 0.29) is 5.92 Å². The quantitative estimate of drug-likeness (QED) is 0.811. The van der Waals surface area contributed by atoms with Gasteiger partial charge in [-0.1, -0.05) is 27.7 Å². The Labute approximate surface area is 109 Å². The van der Waals surface area contributed by atoms with Crippen LogP contribution in [0.4, 0.5) is 8.78 Å². The van der Waals surface area contributed by atoms with E-state index in [0.29, 0.717) is 11.8 Å². The van der Waals surface area contributed by atoms with E-state index in [9.17, 15) is 8.78 Å². The Kier molecular flexibility index (Phi) is 5.73. The summed E-state index contributed by atoms with van der Waals surface area (Å²) < 4.78 is 26.3. The van der Waals surface area contributed by atoms with E-state index >= 15 is 0 Å². The lowest BCUT2D eigenvalue weighted by atomic mass is 9.88. The maximum atomic E-state index is 13.2. The molecule has 3 heteroatoms. The third-order valence-corrected chi connectivity index (χ3v) is 3.28. The molecule has 0 aliphatic heterocycles. The molecule has 1 N–H and O–H groups in total. The van der Waals surface area contributed by atoms with Gasteiger partial charge in [-0.15, -0.1) is 0 Å². The first-order valence-electron chi connectivity index (χ1n) is 6.57. The summed E-state index contributed by atoms with van der Waals surface area (Å²) in [5.41, 5.74) is 0.728. The number of nitrogens with one attached hydrogen (secondary N) is 1. The standard InChI is InChI=1S/C15H23F2N/c1-10(2)8-18-9-11(3)12(4)13-5-14(16)7-15(17)6-13/h5-7,10-12,18H,8-9H2,1-4H3. The molecule has 102 valence electrons. The zero-order valence-corrected chi connectivity index (χ0v) is 11.6. The second-order valence-corrected chi connectivity index (χ2v) is 5.52. The van der Waals surface area contributed by atoms with Gasteiger partial charge in [-0.25, -0.2) is 8.78 Å². The molecule has 0 aliphatic rings. The fraction of sp³-hybridized carbons (Fsp3) is 0.600. The highest BCUT2D eigenvalue weighted by atomic mass is 19.1. The Balaban J connectivity index is 2.59. The Morgan fingerprint density at radius 1 is 0.944 bits per heavy atom. The van der Waals surface area contributed by atoms with Crippen LogP contribution in [0.5, 0.6) is 0 Å². The lowest BCUT2D eigenvalue weighted by Crippen LogP contribution is -2.27. The molecule has 0 spiro atoms. The van der Waals surface area contributed by atoms with Crippen molar-refractivity contribution in [1.29, 1.82) is 0 Å². The first kappa shape index (κ1) is 15.1. The van der Waals surface area contributed by atoms with Gasteiger partial charge in [-0.05, 0) is 48.5 Å². The van der Waals surface area contributed by atoms with Gasteiger partial charge in [0.15, 0.2) is 0 Å². The van der Waals surface area contributed by atoms with Crippen LogP contribution in [-0.4, -0.2) is 13.1 Å². The molecule has 0 amide bonds. The summed E-state index contributed by atoms with van der Waals surface area (Å²) >= 11 is 0. The normalized spacial score (nSPS) is 14.8. The molecule has 0 bridgehead atoms. The Bertz CT molecular complexity index is 357. The monoisotopic (exact) mass is 255 g/mol. The predicted molar refractivity (Wildman–Crippen MR) is 71.6 cm³/mol. The van der Waals surface area contributed by atoms with Crippen molar-refractivity contribution in [2.75, 3.05) is 13.1 Å². The Hall–Kier alpha value is -0.960. The predicted octanol–water partition coefficient (Wildman–Crippen LogP) is 3.95. The van der Waals surface area contributed by atoms with Crippen LogP contribution in [0.1, 0.15) is 39.2 Å². The Morgan fingerprint density at radius 2 is 1.50 bits per heavy atom. The van der Waals surface area contributed by atoms with Gasteiger partial charge in [0.05, 0.1) is 0 Å². The molecular weight excluding hydrogens is 232 g/mol. The van der Waals surface area contributed by atoms with E-state index in [4.69, 9.17) is 0 Å². The molecule has 0 aromatic heterocycles. The van der Waals surface area contributed by atoms with Crippen LogP contribution in [0.25, 0.3) is 0 Å². The Morgan fingerprint density at radius 3 is 2.00 bits per heavy atom. The van der Waals surface area contributed by atoms with Gasteiger partial charge >= 0.3 is 0 Å². The summed E-state index contributed by atoms with van der Waals surface area (Å²) in [7, 11) is 0. The van der Waals surface area contributed by atoms with E-state index in [2.05, 4.69) is 26.1 Å². The van der Waals surface area contributed by atoms with E-state index in [1.54, 1.807) is 0 Å². The van der Waals surface area contributed by atoms with Crippen molar-refractivity contribution < 1.29 is 8.78 Å². The largest absolute Gasteiger partial charge is 0.316 e. The second kappa shape index (κ2) is 6.83. The van der Waals surface area contributed by atoms with E-state index < -0.39 is 11.6 Å². The average Bonchev–Trinajstić information content (AvgIpc) is 2.26. The average molecular weight is 255 g/mol. The van der Waals surface area contributed by atoms with Crippen molar-refractivity contribution in [1.82, 2.24) is 5.32 Å². The highest BCUT2D eigenvalue weighted by molar-refractivity contribution is 5.22. The SMILES string of the molecule is CC(C)CNCC(C)C(C)c1cc(F)cc(F)c1. The molecule has 0 aliphatic carbocycles. The first-order chi connectivity index (χ1) is 8.40. The summed E-state index contributed by atoms with van der Waals surface area (Å²) in [6, 6.07) is 3.76. The molecular formula is C15H23F2N. The van der Waals surface area contributed by atoms with Crippen molar-refractivity contribution in [2.45, 2.75) is 33.6 Å². The van der Waals surface area contributed by atoms with E-state index in [1.165, 1.54) is 12.1 Å². The van der Waals surface area contributed by atoms with Gasteiger partial charge in [-0.3, -0.25) is 0 Å². The maximum Gasteiger partial charge on any atom is 0.126 e. The van der Waals surface area contributed by atoms with Crippen LogP contribution >= 0.6 is 0 Å². The lowest BCUT2D eigenvalue weighted by molar-refractivity contribution is 0.426. The molecule has 0 fully saturated rings. The van der Waals surface area contributed by atoms with Gasteiger partial charge < -0.3 is 5.32 Å². The zero-order valence-electron chi connectivity index (χ0n) is 11.6. The summed E-state index contributed by atoms with van der Waals surface area (Å²) in [6.07, 6.45) is 0. The summed E-state index contributed by atoms with van der Waals surface area (Å²) in [6.45, 7) is 10.2. The van der Waals surface area contributed by atoms with Gasteiger partial charge in [-0.2, -0.15) is 0 Å². The fourth-order valence-electron chi connectivity index (χ4n) is 1.94. The van der Waals surface area contributed by atoms with Crippen molar-refractivity contribution in [2.24, 2.45) is 11.8 Å². The summed E-state index contributed by atoms with van der Waals surface area (Å²) in [5, 5.41) is 3.38. The molecule has 0 saturated carbocycles. The number of rotatable bonds is 6. The van der Waals surface area contributed by atoms with Crippen LogP contribution in [-0.2, 0) is 0 Å². The van der Waals surface area contributed by atoms with Gasteiger partial charge in [0.2, 0.25) is 0 Å². The minimum Gasteiger partial charge on any atom is -0.316 e. The minimum atomic E-state index is -0.501. The van der Waals surface area contributed by atoms with Crippen molar-refractivity contribution in [3.05, 3.63) is 35.4 Å². The molecule has 0 saturated heterocycles. The molecule has 1 aromatic carbocycles. The smallest absolute Gasteiger partial charge is 0.126 e. The lowest BCUT2D eigenvalue weighted by Gasteiger charge is -2.21.